The number of rotatable bonds is 30. The largest absolute Gasteiger partial charge is 0.481 e. The van der Waals surface area contributed by atoms with Crippen LogP contribution in [0.25, 0.3) is 0 Å². The highest BCUT2D eigenvalue weighted by atomic mass is 16.5. The first-order valence-electron chi connectivity index (χ1n) is 29.3. The fraction of sp³-hybridized carbons (Fsp3) is 0.317. The van der Waals surface area contributed by atoms with Crippen LogP contribution < -0.4 is 56.5 Å². The molecule has 496 valence electrons. The molecule has 1 aliphatic rings. The quantitative estimate of drug-likeness (QED) is 0.00456. The van der Waals surface area contributed by atoms with E-state index >= 15 is 0 Å². The van der Waals surface area contributed by atoms with Gasteiger partial charge in [0, 0.05) is 45.9 Å². The van der Waals surface area contributed by atoms with Crippen molar-refractivity contribution < 1.29 is 62.9 Å². The predicted molar refractivity (Wildman–Crippen MR) is 344 cm³/mol. The molecule has 5 aromatic rings. The molecule has 0 radical (unpaired) electrons. The number of hydrogen-bond acceptors (Lipinski definition) is 16. The lowest BCUT2D eigenvalue weighted by atomic mass is 9.98. The summed E-state index contributed by atoms with van der Waals surface area (Å²) in [5.41, 5.74) is 33.8. The number of nitrogen functional groups attached to an aromatic ring is 1. The van der Waals surface area contributed by atoms with Gasteiger partial charge < -0.3 is 48.9 Å². The second-order valence-corrected chi connectivity index (χ2v) is 20.8. The summed E-state index contributed by atoms with van der Waals surface area (Å²) in [6, 6.07) is 39.5. The number of imide groups is 1. The number of guanidine groups is 3. The van der Waals surface area contributed by atoms with E-state index in [0.29, 0.717) is 50.8 Å². The second kappa shape index (κ2) is 39.0. The van der Waals surface area contributed by atoms with Crippen molar-refractivity contribution in [2.24, 2.45) is 73.1 Å². The number of methoxy groups -OCH3 is 1. The number of hydrogen-bond donors (Lipinski definition) is 12. The molecule has 30 heteroatoms. The monoisotopic (exact) mass is 1280 g/mol. The van der Waals surface area contributed by atoms with Gasteiger partial charge in [0.15, 0.2) is 17.9 Å². The van der Waals surface area contributed by atoms with E-state index in [-0.39, 0.29) is 92.0 Å². The Morgan fingerprint density at radius 3 is 1.42 bits per heavy atom. The van der Waals surface area contributed by atoms with Crippen LogP contribution in [0.3, 0.4) is 0 Å². The minimum Gasteiger partial charge on any atom is -0.481 e. The van der Waals surface area contributed by atoms with Crippen molar-refractivity contribution >= 4 is 77.1 Å². The van der Waals surface area contributed by atoms with Gasteiger partial charge in [0.05, 0.1) is 66.8 Å². The molecule has 0 aromatic heterocycles. The standard InChI is InChI=1S/C25H29N5O5.C23H29N7O5.C15H23N5O3/c1-27-25(26)28-14-8-11-18(24(34)35-2)15-21(31)29(16-17-9-4-3-5-10-17)30-22(32)19-12-6-7-13-20(19)23(30)33;24-23(25)27-12-6-9-16(22(34)35)13-19(31)30(14-15-7-2-1-3-8-15)29-21(33)18-11-5-4-10-17(18)20(32)28-26;16-15(17)19-8-4-7-12(14(22)23)9-13(21)20(18)10-11-5-2-1-3-6-11/h3-7,9-10,12-13,18H,8,11,14-16H2,1-2H3,(H3,26,27,28);1-5,7-8,10-11,16H,6,9,12-14,26H2,(H,28,32)(H,29,33)(H,34,35)(H4,24,25,27);1-3,5-6,12H,4,7-10,18H2,(H,22,23)(H4,16,17,19)/t18-;16-;12-/m000/s1. The van der Waals surface area contributed by atoms with Gasteiger partial charge in [0.25, 0.3) is 23.6 Å². The van der Waals surface area contributed by atoms with Gasteiger partial charge >= 0.3 is 17.9 Å². The Bertz CT molecular complexity index is 3390. The number of aliphatic carboxylic acids is 2. The third kappa shape index (κ3) is 24.9. The van der Waals surface area contributed by atoms with Crippen LogP contribution >= 0.6 is 0 Å². The number of carbonyl (C=O) groups is 10. The lowest BCUT2D eigenvalue weighted by Gasteiger charge is -2.31. The van der Waals surface area contributed by atoms with Gasteiger partial charge in [-0.25, -0.2) is 21.7 Å². The fourth-order valence-corrected chi connectivity index (χ4v) is 9.18. The normalized spacial score (nSPS) is 12.3. The van der Waals surface area contributed by atoms with Crippen molar-refractivity contribution in [2.45, 2.75) is 77.4 Å². The van der Waals surface area contributed by atoms with E-state index in [1.54, 1.807) is 98.0 Å². The number of nitrogens with two attached hydrogens (primary N) is 7. The predicted octanol–water partition coefficient (Wildman–Crippen LogP) is 1.86. The number of hydrazine groups is 4. The number of esters is 1. The summed E-state index contributed by atoms with van der Waals surface area (Å²) in [5, 5.41) is 25.8. The highest BCUT2D eigenvalue weighted by molar-refractivity contribution is 6.21. The highest BCUT2D eigenvalue weighted by Gasteiger charge is 2.42. The van der Waals surface area contributed by atoms with Gasteiger partial charge in [-0.1, -0.05) is 115 Å². The molecular weight excluding hydrogens is 1200 g/mol. The molecule has 0 spiro atoms. The molecule has 6 rings (SSSR count). The molecular formula is C63H81N17O13. The van der Waals surface area contributed by atoms with Crippen LogP contribution in [0.4, 0.5) is 0 Å². The lowest BCUT2D eigenvalue weighted by Crippen LogP contribution is -2.49. The van der Waals surface area contributed by atoms with Gasteiger partial charge in [-0.05, 0) is 79.5 Å². The third-order valence-corrected chi connectivity index (χ3v) is 14.0. The minimum atomic E-state index is -1.15. The number of carboxylic acids is 2. The Balaban J connectivity index is 0.000000305. The number of carboxylic acid groups (broad SMARTS) is 2. The molecule has 93 heavy (non-hydrogen) atoms. The van der Waals surface area contributed by atoms with E-state index in [1.165, 1.54) is 19.2 Å². The van der Waals surface area contributed by atoms with Crippen LogP contribution in [0.15, 0.2) is 155 Å². The van der Waals surface area contributed by atoms with Crippen molar-refractivity contribution in [3.8, 4) is 0 Å². The van der Waals surface area contributed by atoms with Crippen molar-refractivity contribution in [3.63, 3.8) is 0 Å². The first-order chi connectivity index (χ1) is 44.5. The van der Waals surface area contributed by atoms with Crippen LogP contribution in [-0.2, 0) is 53.1 Å². The van der Waals surface area contributed by atoms with Gasteiger partial charge in [0.2, 0.25) is 17.7 Å². The summed E-state index contributed by atoms with van der Waals surface area (Å²) in [5.74, 6) is 1.62. The van der Waals surface area contributed by atoms with Crippen molar-refractivity contribution in [1.82, 2.24) is 36.2 Å². The number of carbonyl (C=O) groups excluding carboxylic acids is 8. The molecule has 7 amide bonds. The number of ether oxygens (including phenoxy) is 1. The van der Waals surface area contributed by atoms with Gasteiger partial charge in [0.1, 0.15) is 0 Å². The summed E-state index contributed by atoms with van der Waals surface area (Å²) in [6.07, 6.45) is 1.40. The molecule has 0 fully saturated rings. The number of amides is 7. The van der Waals surface area contributed by atoms with E-state index in [0.717, 1.165) is 31.2 Å². The van der Waals surface area contributed by atoms with Gasteiger partial charge in [-0.15, -0.1) is 0 Å². The Hall–Kier alpha value is -11.3. The van der Waals surface area contributed by atoms with Crippen molar-refractivity contribution in [2.75, 3.05) is 33.8 Å². The minimum absolute atomic E-state index is 0.00617. The average molecular weight is 1280 g/mol. The van der Waals surface area contributed by atoms with Crippen molar-refractivity contribution in [1.29, 1.82) is 0 Å². The zero-order valence-corrected chi connectivity index (χ0v) is 51.7. The maximum Gasteiger partial charge on any atom is 0.309 e. The first-order valence-corrected chi connectivity index (χ1v) is 29.3. The molecule has 0 saturated heterocycles. The molecule has 30 nitrogen and oxygen atoms in total. The molecule has 0 saturated carbocycles. The Labute approximate surface area is 537 Å². The zero-order valence-electron chi connectivity index (χ0n) is 51.7. The number of aliphatic imine (C=N–C) groups is 3. The fourth-order valence-electron chi connectivity index (χ4n) is 9.18. The van der Waals surface area contributed by atoms with Crippen LogP contribution in [-0.4, -0.2) is 141 Å². The number of benzene rings is 5. The van der Waals surface area contributed by atoms with Gasteiger partial charge in [-0.2, -0.15) is 5.01 Å². The summed E-state index contributed by atoms with van der Waals surface area (Å²) in [6.45, 7) is 1.22. The topological polar surface area (TPSA) is 489 Å². The Morgan fingerprint density at radius 1 is 0.548 bits per heavy atom. The van der Waals surface area contributed by atoms with Crippen molar-refractivity contribution in [3.05, 3.63) is 178 Å². The molecule has 0 bridgehead atoms. The lowest BCUT2D eigenvalue weighted by molar-refractivity contribution is -0.152. The second-order valence-electron chi connectivity index (χ2n) is 20.8. The maximum absolute atomic E-state index is 13.5. The van der Waals surface area contributed by atoms with Crippen LogP contribution in [0.2, 0.25) is 0 Å². The SMILES string of the molecule is CN=C(N)NCCC[C@@H](CC(=O)N(Cc1ccccc1)N1C(=O)c2ccccc2C1=O)C(=O)OC.NC(N)=NCCC[C@@H](CC(=O)N(N)Cc1ccccc1)C(=O)O.NNC(=O)c1ccccc1C(=O)NN(Cc1ccccc1)C(=O)C[C@H](CCCN=C(N)N)C(=O)O. The molecule has 1 aliphatic heterocycles. The smallest absolute Gasteiger partial charge is 0.309 e. The third-order valence-electron chi connectivity index (χ3n) is 14.0. The summed E-state index contributed by atoms with van der Waals surface area (Å²) < 4.78 is 4.90. The highest BCUT2D eigenvalue weighted by Crippen LogP contribution is 2.28. The molecule has 0 aliphatic carbocycles. The van der Waals surface area contributed by atoms with E-state index in [2.05, 4.69) is 25.7 Å². The number of nitrogens with zero attached hydrogens (tertiary/aromatic N) is 7. The van der Waals surface area contributed by atoms with Crippen LogP contribution in [0.5, 0.6) is 0 Å². The van der Waals surface area contributed by atoms with Gasteiger partial charge in [-0.3, -0.25) is 78.8 Å². The average Bonchev–Trinajstić information content (AvgIpc) is 1.63. The number of nitrogens with one attached hydrogen (secondary N) is 3. The first kappa shape index (κ1) is 74.2. The van der Waals surface area contributed by atoms with E-state index in [4.69, 9.17) is 45.1 Å². The molecule has 5 aromatic carbocycles. The van der Waals surface area contributed by atoms with E-state index in [9.17, 15) is 58.2 Å². The molecule has 19 N–H and O–H groups in total. The maximum atomic E-state index is 13.5. The Morgan fingerprint density at radius 2 is 0.968 bits per heavy atom. The zero-order chi connectivity index (χ0) is 68.4. The molecule has 3 atom stereocenters. The summed E-state index contributed by atoms with van der Waals surface area (Å²) >= 11 is 0. The molecule has 0 unspecified atom stereocenters. The van der Waals surface area contributed by atoms with E-state index in [1.807, 2.05) is 41.8 Å². The molecule has 1 heterocycles. The Kier molecular flexibility index (Phi) is 31.1. The van der Waals surface area contributed by atoms with Crippen LogP contribution in [0.1, 0.15) is 116 Å². The van der Waals surface area contributed by atoms with Crippen LogP contribution in [0, 0.1) is 17.8 Å². The number of fused-ring (bicyclic) bond motifs is 1. The summed E-state index contributed by atoms with van der Waals surface area (Å²) in [7, 11) is 2.81. The van der Waals surface area contributed by atoms with E-state index < -0.39 is 77.0 Å². The summed E-state index contributed by atoms with van der Waals surface area (Å²) in [4.78, 5) is 137.